The van der Waals surface area contributed by atoms with Crippen molar-refractivity contribution in [1.82, 2.24) is 0 Å². The van der Waals surface area contributed by atoms with Gasteiger partial charge in [0.25, 0.3) is 0 Å². The summed E-state index contributed by atoms with van der Waals surface area (Å²) in [5.74, 6) is 0. The van der Waals surface area contributed by atoms with Gasteiger partial charge in [-0.05, 0) is 96.3 Å². The van der Waals surface area contributed by atoms with Crippen molar-refractivity contribution in [3.8, 4) is 0 Å². The van der Waals surface area contributed by atoms with E-state index in [0.717, 1.165) is 117 Å². The van der Waals surface area contributed by atoms with Gasteiger partial charge in [0, 0.05) is 59.5 Å². The molecule has 0 aromatic carbocycles. The van der Waals surface area contributed by atoms with Crippen LogP contribution in [0.5, 0.6) is 0 Å². The molecule has 3 unspecified atom stereocenters. The lowest BCUT2D eigenvalue weighted by Gasteiger charge is -2.22. The average Bonchev–Trinajstić information content (AvgIpc) is 3.25. The first-order valence-corrected chi connectivity index (χ1v) is 24.9. The molecule has 0 aliphatic carbocycles. The van der Waals surface area contributed by atoms with E-state index in [1.807, 2.05) is 0 Å². The Kier molecular flexibility index (Phi) is 35.6. The maximum Gasteiger partial charge on any atom is 0.157 e. The lowest BCUT2D eigenvalue weighted by atomic mass is 10.1. The van der Waals surface area contributed by atoms with Crippen molar-refractivity contribution in [2.75, 3.05) is 72.7 Å². The summed E-state index contributed by atoms with van der Waals surface area (Å²) in [5.41, 5.74) is 0. The molecule has 0 spiro atoms. The van der Waals surface area contributed by atoms with E-state index in [1.54, 1.807) is 0 Å². The Morgan fingerprint density at radius 2 is 0.596 bits per heavy atom. The van der Waals surface area contributed by atoms with Gasteiger partial charge in [-0.2, -0.15) is 0 Å². The lowest BCUT2D eigenvalue weighted by Crippen LogP contribution is -2.26. The van der Waals surface area contributed by atoms with Gasteiger partial charge in [0.05, 0.1) is 13.2 Å². The number of hydrogen-bond donors (Lipinski definition) is 0. The Hall–Kier alpha value is -0.360. The maximum absolute atomic E-state index is 6.33. The van der Waals surface area contributed by atoms with Gasteiger partial charge in [-0.3, -0.25) is 0 Å². The van der Waals surface area contributed by atoms with Crippen molar-refractivity contribution in [1.29, 1.82) is 0 Å². The van der Waals surface area contributed by atoms with Gasteiger partial charge in [0.2, 0.25) is 0 Å². The number of rotatable bonds is 41. The Balaban J connectivity index is 1.12. The second kappa shape index (κ2) is 39.8. The number of unbranched alkanes of at least 4 members (excludes halogenated alkanes) is 21. The first-order valence-electron chi connectivity index (χ1n) is 24.9. The second-order valence-corrected chi connectivity index (χ2v) is 17.1. The van der Waals surface area contributed by atoms with Crippen LogP contribution in [-0.2, 0) is 42.6 Å². The van der Waals surface area contributed by atoms with Crippen LogP contribution in [0.4, 0.5) is 0 Å². The fraction of sp³-hybridized carbons (Fsp3) is 1.00. The molecule has 3 atom stereocenters. The maximum atomic E-state index is 6.33. The SMILES string of the molecule is C(CCCCCOC1CCCCO1)CCCCOCC(COCCCCCCCCCCOC1CCCCO1)OCCCCCCCCCCOC1CCCCO1. The summed E-state index contributed by atoms with van der Waals surface area (Å²) in [5, 5.41) is 0. The zero-order valence-electron chi connectivity index (χ0n) is 37.1. The summed E-state index contributed by atoms with van der Waals surface area (Å²) in [7, 11) is 0. The summed E-state index contributed by atoms with van der Waals surface area (Å²) < 4.78 is 53.2. The van der Waals surface area contributed by atoms with E-state index in [1.165, 1.54) is 154 Å². The van der Waals surface area contributed by atoms with E-state index in [-0.39, 0.29) is 25.0 Å². The third-order valence-electron chi connectivity index (χ3n) is 11.7. The Labute approximate surface area is 351 Å². The minimum Gasteiger partial charge on any atom is -0.379 e. The van der Waals surface area contributed by atoms with Crippen LogP contribution in [0.2, 0.25) is 0 Å². The average molecular weight is 813 g/mol. The van der Waals surface area contributed by atoms with Crippen molar-refractivity contribution < 1.29 is 42.6 Å². The van der Waals surface area contributed by atoms with Crippen molar-refractivity contribution in [3.05, 3.63) is 0 Å². The molecule has 3 aliphatic rings. The monoisotopic (exact) mass is 813 g/mol. The zero-order valence-corrected chi connectivity index (χ0v) is 37.1. The molecule has 3 saturated heterocycles. The molecule has 9 nitrogen and oxygen atoms in total. The molecule has 0 bridgehead atoms. The molecule has 0 amide bonds. The molecule has 3 aliphatic heterocycles. The normalized spacial score (nSPS) is 20.9. The standard InChI is InChI=1S/C48H92O9/c1(3-10-16-25-37-52-46-31-19-28-40-55-46)7-13-22-34-49-43-45(51-36-24-15-9-5-6-12-18-27-39-54-48-33-21-30-42-57-48)44-50-35-23-14-8-2-4-11-17-26-38-53-47-32-20-29-41-56-47/h45-48H,1-44H2. The van der Waals surface area contributed by atoms with Crippen LogP contribution >= 0.6 is 0 Å². The molecular formula is C48H92O9. The predicted molar refractivity (Wildman–Crippen MR) is 231 cm³/mol. The quantitative estimate of drug-likeness (QED) is 0.0560. The molecule has 0 aromatic heterocycles. The second-order valence-electron chi connectivity index (χ2n) is 17.1. The van der Waals surface area contributed by atoms with Gasteiger partial charge in [-0.25, -0.2) is 0 Å². The number of ether oxygens (including phenoxy) is 9. The fourth-order valence-corrected chi connectivity index (χ4v) is 7.99. The summed E-state index contributed by atoms with van der Waals surface area (Å²) >= 11 is 0. The third kappa shape index (κ3) is 32.1. The third-order valence-corrected chi connectivity index (χ3v) is 11.7. The van der Waals surface area contributed by atoms with E-state index in [0.29, 0.717) is 13.2 Å². The van der Waals surface area contributed by atoms with Crippen LogP contribution < -0.4 is 0 Å². The van der Waals surface area contributed by atoms with Gasteiger partial charge in [-0.15, -0.1) is 0 Å². The molecule has 3 heterocycles. The molecule has 0 saturated carbocycles. The highest BCUT2D eigenvalue weighted by atomic mass is 16.7. The van der Waals surface area contributed by atoms with Crippen LogP contribution in [0.25, 0.3) is 0 Å². The van der Waals surface area contributed by atoms with Gasteiger partial charge >= 0.3 is 0 Å². The van der Waals surface area contributed by atoms with Crippen LogP contribution in [0.3, 0.4) is 0 Å². The Morgan fingerprint density at radius 3 is 0.895 bits per heavy atom. The molecule has 9 heteroatoms. The van der Waals surface area contributed by atoms with Gasteiger partial charge in [0.1, 0.15) is 6.10 Å². The minimum absolute atomic E-state index is 0.0357. The van der Waals surface area contributed by atoms with Gasteiger partial charge in [-0.1, -0.05) is 116 Å². The van der Waals surface area contributed by atoms with Crippen molar-refractivity contribution >= 4 is 0 Å². The van der Waals surface area contributed by atoms with Crippen molar-refractivity contribution in [2.45, 2.75) is 237 Å². The van der Waals surface area contributed by atoms with Crippen molar-refractivity contribution in [2.24, 2.45) is 0 Å². The van der Waals surface area contributed by atoms with Gasteiger partial charge < -0.3 is 42.6 Å². The predicted octanol–water partition coefficient (Wildman–Crippen LogP) is 12.4. The van der Waals surface area contributed by atoms with Crippen LogP contribution in [0.15, 0.2) is 0 Å². The van der Waals surface area contributed by atoms with Crippen LogP contribution in [0, 0.1) is 0 Å². The molecule has 0 radical (unpaired) electrons. The molecule has 0 aromatic rings. The lowest BCUT2D eigenvalue weighted by molar-refractivity contribution is -0.163. The summed E-state index contributed by atoms with van der Waals surface area (Å²) in [6.45, 7) is 8.87. The highest BCUT2D eigenvalue weighted by Gasteiger charge is 2.15. The zero-order chi connectivity index (χ0) is 39.8. The Bertz CT molecular complexity index is 757. The van der Waals surface area contributed by atoms with E-state index in [9.17, 15) is 0 Å². The summed E-state index contributed by atoms with van der Waals surface area (Å²) in [6, 6.07) is 0. The molecule has 3 rings (SSSR count). The van der Waals surface area contributed by atoms with Crippen molar-refractivity contribution in [3.63, 3.8) is 0 Å². The first kappa shape index (κ1) is 51.0. The van der Waals surface area contributed by atoms with Gasteiger partial charge in [0.15, 0.2) is 18.9 Å². The summed E-state index contributed by atoms with van der Waals surface area (Å²) in [6.07, 6.45) is 40.8. The highest BCUT2D eigenvalue weighted by Crippen LogP contribution is 2.18. The van der Waals surface area contributed by atoms with E-state index in [4.69, 9.17) is 42.6 Å². The smallest absolute Gasteiger partial charge is 0.157 e. The molecular weight excluding hydrogens is 721 g/mol. The fourth-order valence-electron chi connectivity index (χ4n) is 7.99. The molecule has 57 heavy (non-hydrogen) atoms. The molecule has 3 fully saturated rings. The Morgan fingerprint density at radius 1 is 0.316 bits per heavy atom. The first-order chi connectivity index (χ1) is 28.4. The van der Waals surface area contributed by atoms with E-state index in [2.05, 4.69) is 0 Å². The summed E-state index contributed by atoms with van der Waals surface area (Å²) in [4.78, 5) is 0. The number of hydrogen-bond acceptors (Lipinski definition) is 9. The highest BCUT2D eigenvalue weighted by molar-refractivity contribution is 4.59. The van der Waals surface area contributed by atoms with E-state index >= 15 is 0 Å². The molecule has 0 N–H and O–H groups in total. The van der Waals surface area contributed by atoms with Crippen LogP contribution in [0.1, 0.15) is 212 Å². The van der Waals surface area contributed by atoms with E-state index < -0.39 is 0 Å². The van der Waals surface area contributed by atoms with Crippen LogP contribution in [-0.4, -0.2) is 97.6 Å². The minimum atomic E-state index is 0.0357. The topological polar surface area (TPSA) is 83.1 Å². The largest absolute Gasteiger partial charge is 0.379 e. The molecule has 338 valence electrons.